The zero-order valence-electron chi connectivity index (χ0n) is 15.1. The smallest absolute Gasteiger partial charge is 0.287 e. The molecule has 0 radical (unpaired) electrons. The molecule has 0 amide bonds. The van der Waals surface area contributed by atoms with E-state index in [1.807, 2.05) is 0 Å². The number of methoxy groups -OCH3 is 3. The summed E-state index contributed by atoms with van der Waals surface area (Å²) in [6.07, 6.45) is 0. The molecule has 0 saturated heterocycles. The largest absolute Gasteiger partial charge is 0.497 e. The number of aromatic nitrogens is 2. The number of ether oxygens (including phenoxy) is 3. The van der Waals surface area contributed by atoms with Crippen molar-refractivity contribution in [3.8, 4) is 28.7 Å². The molecule has 0 spiro atoms. The topological polar surface area (TPSA) is 75.7 Å². The average molecular weight is 386 g/mol. The predicted molar refractivity (Wildman–Crippen MR) is 101 cm³/mol. The van der Waals surface area contributed by atoms with Crippen LogP contribution in [0.2, 0.25) is 0 Å². The van der Waals surface area contributed by atoms with Crippen LogP contribution in [-0.4, -0.2) is 36.9 Å². The van der Waals surface area contributed by atoms with Gasteiger partial charge in [0.15, 0.2) is 17.3 Å². The van der Waals surface area contributed by atoms with Crippen molar-refractivity contribution in [2.45, 2.75) is 6.54 Å². The maximum absolute atomic E-state index is 12.6. The fourth-order valence-corrected chi connectivity index (χ4v) is 2.68. The third kappa shape index (κ3) is 4.01. The molecule has 7 nitrogen and oxygen atoms in total. The second-order valence-corrected chi connectivity index (χ2v) is 5.90. The number of carbonyl (C=O) groups excluding carboxylic acids is 1. The van der Waals surface area contributed by atoms with Crippen molar-refractivity contribution in [3.63, 3.8) is 0 Å². The Bertz CT molecular complexity index is 1010. The summed E-state index contributed by atoms with van der Waals surface area (Å²) in [5, 5.41) is 4.31. The molecular weight excluding hydrogens is 368 g/mol. The molecule has 0 aliphatic rings. The lowest BCUT2D eigenvalue weighted by Gasteiger charge is -2.08. The summed E-state index contributed by atoms with van der Waals surface area (Å²) in [7, 11) is 4.64. The first kappa shape index (κ1) is 18.7. The number of hydrogen-bond donors (Lipinski definition) is 0. The van der Waals surface area contributed by atoms with E-state index < -0.39 is 0 Å². The molecule has 2 aromatic carbocycles. The number of carbonyl (C=O) groups is 1. The minimum atomic E-state index is -0.179. The van der Waals surface area contributed by atoms with Crippen molar-refractivity contribution in [3.05, 3.63) is 52.9 Å². The van der Waals surface area contributed by atoms with Gasteiger partial charge in [0, 0.05) is 11.1 Å². The van der Waals surface area contributed by atoms with Gasteiger partial charge in [0.05, 0.1) is 21.3 Å². The summed E-state index contributed by atoms with van der Waals surface area (Å²) in [4.78, 5) is 12.7. The lowest BCUT2D eigenvalue weighted by molar-refractivity contribution is 0.0965. The Morgan fingerprint density at radius 3 is 2.37 bits per heavy atom. The molecule has 0 aliphatic heterocycles. The molecule has 1 aromatic heterocycles. The van der Waals surface area contributed by atoms with Crippen LogP contribution in [0.1, 0.15) is 10.4 Å². The summed E-state index contributed by atoms with van der Waals surface area (Å²) >= 11 is 5.19. The molecule has 3 rings (SSSR count). The van der Waals surface area contributed by atoms with Crippen molar-refractivity contribution < 1.29 is 23.4 Å². The number of hydrogen-bond acceptors (Lipinski definition) is 7. The maximum Gasteiger partial charge on any atom is 0.287 e. The molecule has 3 aromatic rings. The zero-order chi connectivity index (χ0) is 19.4. The SMILES string of the molecule is COc1ccc(-c2nn(CC(=O)c3ccc(OC)c(OC)c3)c(=S)o2)cc1. The van der Waals surface area contributed by atoms with E-state index in [0.717, 1.165) is 11.3 Å². The summed E-state index contributed by atoms with van der Waals surface area (Å²) in [6, 6.07) is 12.2. The first-order chi connectivity index (χ1) is 13.0. The Hall–Kier alpha value is -3.13. The Morgan fingerprint density at radius 1 is 1.04 bits per heavy atom. The van der Waals surface area contributed by atoms with Crippen LogP contribution in [0.5, 0.6) is 17.2 Å². The van der Waals surface area contributed by atoms with E-state index in [2.05, 4.69) is 5.10 Å². The molecule has 8 heteroatoms. The Kier molecular flexibility index (Phi) is 5.56. The lowest BCUT2D eigenvalue weighted by atomic mass is 10.1. The molecule has 27 heavy (non-hydrogen) atoms. The second kappa shape index (κ2) is 8.05. The predicted octanol–water partition coefficient (Wildman–Crippen LogP) is 3.78. The van der Waals surface area contributed by atoms with Gasteiger partial charge in [-0.3, -0.25) is 4.79 Å². The normalized spacial score (nSPS) is 10.5. The van der Waals surface area contributed by atoms with E-state index in [4.69, 9.17) is 30.8 Å². The number of benzene rings is 2. The van der Waals surface area contributed by atoms with E-state index in [-0.39, 0.29) is 17.2 Å². The van der Waals surface area contributed by atoms with Crippen LogP contribution >= 0.6 is 12.2 Å². The Balaban J connectivity index is 1.82. The summed E-state index contributed by atoms with van der Waals surface area (Å²) in [5.74, 6) is 1.91. The quantitative estimate of drug-likeness (QED) is 0.452. The number of nitrogens with zero attached hydrogens (tertiary/aromatic N) is 2. The minimum absolute atomic E-state index is 0.0476. The molecule has 1 heterocycles. The lowest BCUT2D eigenvalue weighted by Crippen LogP contribution is -2.12. The molecule has 0 aliphatic carbocycles. The monoisotopic (exact) mass is 386 g/mol. The van der Waals surface area contributed by atoms with E-state index in [9.17, 15) is 4.79 Å². The fourth-order valence-electron chi connectivity index (χ4n) is 2.49. The van der Waals surface area contributed by atoms with Crippen LogP contribution in [0.4, 0.5) is 0 Å². The zero-order valence-corrected chi connectivity index (χ0v) is 15.9. The molecule has 0 atom stereocenters. The van der Waals surface area contributed by atoms with Gasteiger partial charge in [0.25, 0.3) is 4.84 Å². The maximum atomic E-state index is 12.6. The van der Waals surface area contributed by atoms with Crippen molar-refractivity contribution in [2.24, 2.45) is 0 Å². The van der Waals surface area contributed by atoms with Gasteiger partial charge in [-0.05, 0) is 54.7 Å². The third-order valence-electron chi connectivity index (χ3n) is 3.94. The van der Waals surface area contributed by atoms with Crippen molar-refractivity contribution in [1.29, 1.82) is 0 Å². The van der Waals surface area contributed by atoms with E-state index in [0.29, 0.717) is 23.0 Å². The van der Waals surface area contributed by atoms with Gasteiger partial charge in [-0.25, -0.2) is 4.68 Å². The minimum Gasteiger partial charge on any atom is -0.497 e. The number of ketones is 1. The summed E-state index contributed by atoms with van der Waals surface area (Å²) in [5.41, 5.74) is 1.20. The average Bonchev–Trinajstić information content (AvgIpc) is 3.07. The summed E-state index contributed by atoms with van der Waals surface area (Å²) < 4.78 is 22.4. The van der Waals surface area contributed by atoms with Crippen molar-refractivity contribution in [2.75, 3.05) is 21.3 Å². The van der Waals surface area contributed by atoms with Crippen LogP contribution in [0, 0.1) is 4.84 Å². The van der Waals surface area contributed by atoms with Crippen LogP contribution < -0.4 is 14.2 Å². The highest BCUT2D eigenvalue weighted by molar-refractivity contribution is 7.71. The van der Waals surface area contributed by atoms with Crippen LogP contribution in [0.25, 0.3) is 11.5 Å². The molecule has 0 fully saturated rings. The van der Waals surface area contributed by atoms with Gasteiger partial charge < -0.3 is 18.6 Å². The number of Topliss-reactive ketones (excluding diaryl/α,β-unsaturated/α-hetero) is 1. The van der Waals surface area contributed by atoms with Crippen LogP contribution in [0.3, 0.4) is 0 Å². The van der Waals surface area contributed by atoms with Gasteiger partial charge in [-0.2, -0.15) is 0 Å². The van der Waals surface area contributed by atoms with Gasteiger partial charge in [0.2, 0.25) is 5.89 Å². The van der Waals surface area contributed by atoms with Gasteiger partial charge in [-0.1, -0.05) is 0 Å². The Morgan fingerprint density at radius 2 is 1.74 bits per heavy atom. The molecule has 0 N–H and O–H groups in total. The number of rotatable bonds is 7. The first-order valence-corrected chi connectivity index (χ1v) is 8.44. The van der Waals surface area contributed by atoms with Gasteiger partial charge in [-0.15, -0.1) is 5.10 Å². The molecule has 0 unspecified atom stereocenters. The van der Waals surface area contributed by atoms with Crippen LogP contribution in [0.15, 0.2) is 46.9 Å². The fraction of sp³-hybridized carbons (Fsp3) is 0.211. The van der Waals surface area contributed by atoms with Crippen molar-refractivity contribution >= 4 is 18.0 Å². The molecule has 140 valence electrons. The Labute approximate surface area is 161 Å². The summed E-state index contributed by atoms with van der Waals surface area (Å²) in [6.45, 7) is -0.0476. The van der Waals surface area contributed by atoms with Crippen molar-refractivity contribution in [1.82, 2.24) is 9.78 Å². The highest BCUT2D eigenvalue weighted by atomic mass is 32.1. The first-order valence-electron chi connectivity index (χ1n) is 8.03. The van der Waals surface area contributed by atoms with Gasteiger partial charge in [0.1, 0.15) is 12.3 Å². The second-order valence-electron chi connectivity index (χ2n) is 5.55. The standard InChI is InChI=1S/C19H18N2O5S/c1-23-14-7-4-12(5-8-14)18-20-21(19(27)26-18)11-15(22)13-6-9-16(24-2)17(10-13)25-3/h4-10H,11H2,1-3H3. The molecule has 0 bridgehead atoms. The third-order valence-corrected chi connectivity index (χ3v) is 4.24. The van der Waals surface area contributed by atoms with Gasteiger partial charge >= 0.3 is 0 Å². The molecular formula is C19H18N2O5S. The van der Waals surface area contributed by atoms with E-state index in [1.165, 1.54) is 18.9 Å². The van der Waals surface area contributed by atoms with E-state index in [1.54, 1.807) is 49.6 Å². The highest BCUT2D eigenvalue weighted by Crippen LogP contribution is 2.28. The van der Waals surface area contributed by atoms with Crippen LogP contribution in [-0.2, 0) is 6.54 Å². The molecule has 0 saturated carbocycles. The van der Waals surface area contributed by atoms with E-state index >= 15 is 0 Å². The highest BCUT2D eigenvalue weighted by Gasteiger charge is 2.15.